The maximum atomic E-state index is 13.5. The van der Waals surface area contributed by atoms with Gasteiger partial charge in [-0.25, -0.2) is 9.78 Å². The van der Waals surface area contributed by atoms with Crippen molar-refractivity contribution >= 4 is 58.2 Å². The molecule has 0 saturated heterocycles. The first-order chi connectivity index (χ1) is 28.2. The van der Waals surface area contributed by atoms with Gasteiger partial charge in [0.1, 0.15) is 5.75 Å². The van der Waals surface area contributed by atoms with Crippen molar-refractivity contribution in [1.82, 2.24) is 20.5 Å². The molecule has 3 aromatic carbocycles. The molecule has 2 heterocycles. The summed E-state index contributed by atoms with van der Waals surface area (Å²) in [6, 6.07) is 18.4. The zero-order valence-corrected chi connectivity index (χ0v) is 32.4. The van der Waals surface area contributed by atoms with Gasteiger partial charge in [0.25, 0.3) is 23.6 Å². The quantitative estimate of drug-likeness (QED) is 0.0851. The second-order valence-corrected chi connectivity index (χ2v) is 14.4. The van der Waals surface area contributed by atoms with Gasteiger partial charge in [-0.2, -0.15) is 13.2 Å². The molecule has 1 aromatic heterocycles. The van der Waals surface area contributed by atoms with Crippen molar-refractivity contribution in [3.8, 4) is 5.75 Å². The first-order valence-corrected chi connectivity index (χ1v) is 19.5. The summed E-state index contributed by atoms with van der Waals surface area (Å²) in [6.07, 6.45) is -0.505. The molecule has 0 spiro atoms. The third kappa shape index (κ3) is 13.4. The molecular formula is C40H42F3N7O8S. The summed E-state index contributed by atoms with van der Waals surface area (Å²) in [6.45, 7) is 1.28. The van der Waals surface area contributed by atoms with E-state index < -0.39 is 18.2 Å². The molecule has 1 aliphatic heterocycles. The normalized spacial score (nSPS) is 13.6. The number of nitrogens with zero attached hydrogens (tertiary/aromatic N) is 2. The van der Waals surface area contributed by atoms with Crippen LogP contribution < -0.4 is 31.7 Å². The van der Waals surface area contributed by atoms with Gasteiger partial charge in [-0.1, -0.05) is 18.2 Å². The Labute approximate surface area is 340 Å². The third-order valence-electron chi connectivity index (χ3n) is 8.99. The Hall–Kier alpha value is -6.34. The molecule has 15 nitrogen and oxygen atoms in total. The van der Waals surface area contributed by atoms with Gasteiger partial charge in [-0.05, 0) is 86.2 Å². The number of carbonyl (C=O) groups excluding carboxylic acids is 5. The summed E-state index contributed by atoms with van der Waals surface area (Å²) < 4.78 is 37.2. The maximum Gasteiger partial charge on any atom is 0.490 e. The highest BCUT2D eigenvalue weighted by atomic mass is 32.1. The van der Waals surface area contributed by atoms with Gasteiger partial charge in [0, 0.05) is 59.9 Å². The van der Waals surface area contributed by atoms with Crippen molar-refractivity contribution in [3.05, 3.63) is 106 Å². The molecule has 0 unspecified atom stereocenters. The van der Waals surface area contributed by atoms with Gasteiger partial charge < -0.3 is 41.7 Å². The molecule has 7 N–H and O–H groups in total. The van der Waals surface area contributed by atoms with Crippen molar-refractivity contribution in [2.24, 2.45) is 5.73 Å². The lowest BCUT2D eigenvalue weighted by Crippen LogP contribution is -2.42. The number of fused-ring (bicyclic) bond motifs is 1. The van der Waals surface area contributed by atoms with E-state index in [9.17, 15) is 37.1 Å². The summed E-state index contributed by atoms with van der Waals surface area (Å²) in [5, 5.41) is 20.4. The fraction of sp³-hybridized carbons (Fsp3) is 0.325. The SMILES string of the molecule is N[C@@H](Cc1cscn1)C(=O)NCCCCCNC(=O)c1cccc(NC(=O)c2ccc(CN(C(=O)c3ccc4c(c3)OCC(=O)N4)C3CC3)cc2)c1.O=C(O)C(F)(F)F. The average molecular weight is 838 g/mol. The number of aromatic nitrogens is 1. The predicted molar refractivity (Wildman–Crippen MR) is 211 cm³/mol. The Morgan fingerprint density at radius 3 is 2.29 bits per heavy atom. The number of alkyl halides is 3. The van der Waals surface area contributed by atoms with Crippen molar-refractivity contribution in [3.63, 3.8) is 0 Å². The Balaban J connectivity index is 0.000000867. The van der Waals surface area contributed by atoms with Gasteiger partial charge in [-0.15, -0.1) is 11.3 Å². The number of thiazole rings is 1. The first kappa shape index (κ1) is 43.8. The molecule has 2 aliphatic rings. The van der Waals surface area contributed by atoms with Crippen LogP contribution in [0.4, 0.5) is 24.5 Å². The zero-order chi connectivity index (χ0) is 42.5. The van der Waals surface area contributed by atoms with Crippen LogP contribution in [0.1, 0.15) is 74.4 Å². The number of nitrogens with two attached hydrogens (primary N) is 1. The number of carboxylic acid groups (broad SMARTS) is 1. The van der Waals surface area contributed by atoms with Crippen molar-refractivity contribution in [1.29, 1.82) is 0 Å². The minimum absolute atomic E-state index is 0.0874. The fourth-order valence-electron chi connectivity index (χ4n) is 5.76. The van der Waals surface area contributed by atoms with Crippen LogP contribution in [0.5, 0.6) is 5.75 Å². The van der Waals surface area contributed by atoms with E-state index in [4.69, 9.17) is 20.4 Å². The summed E-state index contributed by atoms with van der Waals surface area (Å²) in [4.78, 5) is 78.0. The molecule has 1 aliphatic carbocycles. The summed E-state index contributed by atoms with van der Waals surface area (Å²) >= 11 is 1.47. The third-order valence-corrected chi connectivity index (χ3v) is 9.63. The van der Waals surface area contributed by atoms with Crippen LogP contribution >= 0.6 is 11.3 Å². The van der Waals surface area contributed by atoms with Crippen LogP contribution in [-0.4, -0.2) is 88.5 Å². The number of anilines is 2. The molecule has 4 aromatic rings. The lowest BCUT2D eigenvalue weighted by atomic mass is 10.1. The monoisotopic (exact) mass is 837 g/mol. The van der Waals surface area contributed by atoms with Crippen molar-refractivity contribution < 1.29 is 51.8 Å². The van der Waals surface area contributed by atoms with Gasteiger partial charge in [-0.3, -0.25) is 24.0 Å². The number of benzene rings is 3. The Kier molecular flexibility index (Phi) is 15.1. The highest BCUT2D eigenvalue weighted by Crippen LogP contribution is 2.33. The second kappa shape index (κ2) is 20.4. The second-order valence-electron chi connectivity index (χ2n) is 13.6. The van der Waals surface area contributed by atoms with Gasteiger partial charge in [0.2, 0.25) is 5.91 Å². The van der Waals surface area contributed by atoms with Crippen molar-refractivity contribution in [2.45, 2.75) is 63.3 Å². The fourth-order valence-corrected chi connectivity index (χ4v) is 6.33. The van der Waals surface area contributed by atoms with E-state index >= 15 is 0 Å². The lowest BCUT2D eigenvalue weighted by Gasteiger charge is -2.24. The highest BCUT2D eigenvalue weighted by molar-refractivity contribution is 7.07. The molecule has 1 atom stereocenters. The maximum absolute atomic E-state index is 13.5. The van der Waals surface area contributed by atoms with Crippen LogP contribution in [-0.2, 0) is 27.3 Å². The summed E-state index contributed by atoms with van der Waals surface area (Å²) in [5.41, 5.74) is 11.7. The van der Waals surface area contributed by atoms with Crippen molar-refractivity contribution in [2.75, 3.05) is 30.3 Å². The number of unbranched alkanes of at least 4 members (excludes halogenated alkanes) is 2. The molecule has 1 fully saturated rings. The highest BCUT2D eigenvalue weighted by Gasteiger charge is 2.38. The number of carboxylic acids is 1. The average Bonchev–Trinajstić information content (AvgIpc) is 3.93. The van der Waals surface area contributed by atoms with E-state index in [1.807, 2.05) is 22.4 Å². The summed E-state index contributed by atoms with van der Waals surface area (Å²) in [5.74, 6) is -3.41. The first-order valence-electron chi connectivity index (χ1n) is 18.5. The van der Waals surface area contributed by atoms with Gasteiger partial charge in [0.15, 0.2) is 6.61 Å². The zero-order valence-electron chi connectivity index (χ0n) is 31.6. The molecule has 0 bridgehead atoms. The Morgan fingerprint density at radius 1 is 0.932 bits per heavy atom. The van der Waals surface area contributed by atoms with Crippen LogP contribution in [0.3, 0.4) is 0 Å². The van der Waals surface area contributed by atoms with Gasteiger partial charge in [0.05, 0.1) is 22.9 Å². The molecule has 1 saturated carbocycles. The number of ether oxygens (including phenoxy) is 1. The molecule has 59 heavy (non-hydrogen) atoms. The summed E-state index contributed by atoms with van der Waals surface area (Å²) in [7, 11) is 0. The number of nitrogens with one attached hydrogen (secondary N) is 4. The number of hydrogen-bond acceptors (Lipinski definition) is 10. The van der Waals surface area contributed by atoms with Crippen LogP contribution in [0, 0.1) is 0 Å². The van der Waals surface area contributed by atoms with Crippen LogP contribution in [0.25, 0.3) is 0 Å². The number of amides is 5. The van der Waals surface area contributed by atoms with E-state index in [1.165, 1.54) is 11.3 Å². The number of aliphatic carboxylic acids is 1. The molecular weight excluding hydrogens is 796 g/mol. The van der Waals surface area contributed by atoms with E-state index in [0.717, 1.165) is 43.4 Å². The largest absolute Gasteiger partial charge is 0.490 e. The smallest absolute Gasteiger partial charge is 0.482 e. The molecule has 19 heteroatoms. The standard InChI is InChI=1S/C38H41N7O6S.C2HF3O2/c39-31(19-29-22-52-23-42-29)37(49)41-16-3-1-2-15-40-35(47)26-5-4-6-28(17-26)43-36(48)25-9-7-24(8-10-25)20-45(30-12-13-30)38(50)27-11-14-32-33(18-27)51-21-34(46)44-32;3-2(4,5)1(6)7/h4-11,14,17-18,22-23,30-31H,1-3,12-13,15-16,19-21,39H2,(H,40,47)(H,41,49)(H,43,48)(H,44,46);(H,6,7)/t31-;/m0./s1. The van der Waals surface area contributed by atoms with Crippen LogP contribution in [0.2, 0.25) is 0 Å². The van der Waals surface area contributed by atoms with E-state index in [0.29, 0.717) is 59.9 Å². The minimum Gasteiger partial charge on any atom is -0.482 e. The Bertz CT molecular complexity index is 2130. The van der Waals surface area contributed by atoms with E-state index in [2.05, 4.69) is 26.3 Å². The molecule has 5 amide bonds. The minimum atomic E-state index is -5.08. The predicted octanol–water partition coefficient (Wildman–Crippen LogP) is 4.75. The van der Waals surface area contributed by atoms with Crippen LogP contribution in [0.15, 0.2) is 77.6 Å². The van der Waals surface area contributed by atoms with E-state index in [1.54, 1.807) is 60.1 Å². The number of carbonyl (C=O) groups is 6. The molecule has 312 valence electrons. The number of rotatable bonds is 16. The number of halogens is 3. The molecule has 0 radical (unpaired) electrons. The lowest BCUT2D eigenvalue weighted by molar-refractivity contribution is -0.192. The number of hydrogen-bond donors (Lipinski definition) is 6. The Morgan fingerprint density at radius 2 is 1.63 bits per heavy atom. The van der Waals surface area contributed by atoms with E-state index in [-0.39, 0.29) is 42.2 Å². The van der Waals surface area contributed by atoms with Gasteiger partial charge >= 0.3 is 12.1 Å². The molecule has 6 rings (SSSR count). The topological polar surface area (TPSA) is 222 Å².